The van der Waals surface area contributed by atoms with Crippen LogP contribution in [0.2, 0.25) is 0 Å². The van der Waals surface area contributed by atoms with Gasteiger partial charge in [-0.25, -0.2) is 0 Å². The highest BCUT2D eigenvalue weighted by Crippen LogP contribution is 2.31. The van der Waals surface area contributed by atoms with Gasteiger partial charge in [-0.15, -0.1) is 0 Å². The van der Waals surface area contributed by atoms with Gasteiger partial charge in [0.25, 0.3) is 0 Å². The van der Waals surface area contributed by atoms with Gasteiger partial charge < -0.3 is 24.4 Å². The summed E-state index contributed by atoms with van der Waals surface area (Å²) in [7, 11) is 0. The zero-order chi connectivity index (χ0) is 22.6. The van der Waals surface area contributed by atoms with Gasteiger partial charge in [0.1, 0.15) is 12.2 Å². The van der Waals surface area contributed by atoms with Crippen molar-refractivity contribution in [3.63, 3.8) is 0 Å². The minimum Gasteiger partial charge on any atom is -0.461 e. The molecule has 0 unspecified atom stereocenters. The maximum absolute atomic E-state index is 12.9. The van der Waals surface area contributed by atoms with E-state index in [1.807, 2.05) is 33.8 Å². The molecule has 0 aromatic carbocycles. The molecule has 0 spiro atoms. The fraction of sp³-hybridized carbons (Fsp3) is 0.826. The Morgan fingerprint density at radius 1 is 1.10 bits per heavy atom. The third-order valence-electron chi connectivity index (χ3n) is 6.44. The van der Waals surface area contributed by atoms with Gasteiger partial charge in [-0.2, -0.15) is 0 Å². The number of rotatable bonds is 3. The van der Waals surface area contributed by atoms with E-state index in [-0.39, 0.29) is 42.0 Å². The normalized spacial score (nSPS) is 45.2. The van der Waals surface area contributed by atoms with Crippen LogP contribution in [0.1, 0.15) is 60.8 Å². The molecule has 7 heteroatoms. The second kappa shape index (κ2) is 10.8. The van der Waals surface area contributed by atoms with E-state index in [0.717, 1.165) is 0 Å². The zero-order valence-electron chi connectivity index (χ0n) is 19.0. The Labute approximate surface area is 179 Å². The number of aliphatic hydroxyl groups excluding tert-OH is 2. The quantitative estimate of drug-likeness (QED) is 0.669. The summed E-state index contributed by atoms with van der Waals surface area (Å²) in [5.74, 6) is -1.28. The van der Waals surface area contributed by atoms with Gasteiger partial charge in [-0.1, -0.05) is 33.8 Å². The molecule has 0 aromatic heterocycles. The molecule has 1 saturated heterocycles. The van der Waals surface area contributed by atoms with E-state index in [2.05, 4.69) is 0 Å². The summed E-state index contributed by atoms with van der Waals surface area (Å²) in [6.45, 7) is 11.2. The van der Waals surface area contributed by atoms with Crippen LogP contribution in [0.15, 0.2) is 12.2 Å². The van der Waals surface area contributed by atoms with E-state index in [1.165, 1.54) is 0 Å². The minimum atomic E-state index is -0.975. The Hall–Kier alpha value is -1.28. The third-order valence-corrected chi connectivity index (χ3v) is 6.44. The molecule has 1 fully saturated rings. The number of ether oxygens (including phenoxy) is 3. The highest BCUT2D eigenvalue weighted by Gasteiger charge is 2.40. The van der Waals surface area contributed by atoms with E-state index < -0.39 is 36.6 Å². The molecule has 172 valence electrons. The standard InChI is InChI=1S/C23H38O7/c1-7-19-12(2)8-9-17(24)13(3)10-14(4)22(15(5)23(27)29-19)30-20-11-18(25)21(26)16(6)28-20/h8-9,12-16,18-22,25-26H,7,10-11H2,1-6H3/b9-8+/t12-,13+,14-,15+,16+,18+,19+,20-,21+,22-/m0/s1. The average molecular weight is 427 g/mol. The summed E-state index contributed by atoms with van der Waals surface area (Å²) in [5, 5.41) is 20.0. The first-order valence-corrected chi connectivity index (χ1v) is 11.1. The van der Waals surface area contributed by atoms with E-state index in [4.69, 9.17) is 14.2 Å². The second-order valence-electron chi connectivity index (χ2n) is 9.07. The summed E-state index contributed by atoms with van der Waals surface area (Å²) in [5.41, 5.74) is 0. The van der Waals surface area contributed by atoms with Gasteiger partial charge in [0.15, 0.2) is 12.1 Å². The lowest BCUT2D eigenvalue weighted by atomic mass is 9.84. The van der Waals surface area contributed by atoms with Gasteiger partial charge >= 0.3 is 5.97 Å². The molecule has 2 aliphatic rings. The number of carbonyl (C=O) groups excluding carboxylic acids is 2. The Balaban J connectivity index is 2.26. The molecular formula is C23H38O7. The van der Waals surface area contributed by atoms with E-state index in [9.17, 15) is 19.8 Å². The Bertz CT molecular complexity index is 607. The topological polar surface area (TPSA) is 102 Å². The summed E-state index contributed by atoms with van der Waals surface area (Å²) in [6.07, 6.45) is 0.587. The fourth-order valence-corrected chi connectivity index (χ4v) is 4.33. The summed E-state index contributed by atoms with van der Waals surface area (Å²) in [6, 6.07) is 0. The second-order valence-corrected chi connectivity index (χ2v) is 9.07. The molecule has 30 heavy (non-hydrogen) atoms. The molecule has 10 atom stereocenters. The molecule has 0 aliphatic carbocycles. The summed E-state index contributed by atoms with van der Waals surface area (Å²) < 4.78 is 17.7. The van der Waals surface area contributed by atoms with Crippen LogP contribution < -0.4 is 0 Å². The predicted octanol–water partition coefficient (Wildman–Crippen LogP) is 2.62. The summed E-state index contributed by atoms with van der Waals surface area (Å²) >= 11 is 0. The van der Waals surface area contributed by atoms with Crippen molar-refractivity contribution in [3.05, 3.63) is 12.2 Å². The molecule has 0 saturated carbocycles. The van der Waals surface area contributed by atoms with Crippen LogP contribution in [0.5, 0.6) is 0 Å². The van der Waals surface area contributed by atoms with Gasteiger partial charge in [0, 0.05) is 18.3 Å². The van der Waals surface area contributed by atoms with Crippen LogP contribution in [-0.2, 0) is 23.8 Å². The van der Waals surface area contributed by atoms with Crippen LogP contribution >= 0.6 is 0 Å². The molecular weight excluding hydrogens is 388 g/mol. The van der Waals surface area contributed by atoms with Gasteiger partial charge in [0.05, 0.1) is 24.2 Å². The first-order chi connectivity index (χ1) is 14.0. The molecule has 2 rings (SSSR count). The van der Waals surface area contributed by atoms with Crippen molar-refractivity contribution < 1.29 is 34.0 Å². The maximum atomic E-state index is 12.9. The number of ketones is 1. The molecule has 0 aromatic rings. The van der Waals surface area contributed by atoms with Gasteiger partial charge in [-0.3, -0.25) is 9.59 Å². The number of cyclic esters (lactones) is 1. The SMILES string of the molecule is CC[C@H]1OC(=O)[C@H](C)[C@@H](O[C@H]2C[C@@H](O)[C@H](O)[C@@H](C)O2)[C@@H](C)C[C@@H](C)C(=O)/C=C/[C@@H]1C. The van der Waals surface area contributed by atoms with Crippen molar-refractivity contribution in [2.45, 2.75) is 97.6 Å². The average Bonchev–Trinajstić information content (AvgIpc) is 2.70. The molecule has 2 aliphatic heterocycles. The number of allylic oxidation sites excluding steroid dienone is 1. The summed E-state index contributed by atoms with van der Waals surface area (Å²) in [4.78, 5) is 25.5. The highest BCUT2D eigenvalue weighted by atomic mass is 16.7. The van der Waals surface area contributed by atoms with Crippen LogP contribution in [0.4, 0.5) is 0 Å². The number of esters is 1. The van der Waals surface area contributed by atoms with Crippen molar-refractivity contribution in [1.82, 2.24) is 0 Å². The lowest BCUT2D eigenvalue weighted by Gasteiger charge is -2.39. The monoisotopic (exact) mass is 426 g/mol. The van der Waals surface area contributed by atoms with Gasteiger partial charge in [-0.05, 0) is 38.7 Å². The van der Waals surface area contributed by atoms with Crippen LogP contribution in [0.25, 0.3) is 0 Å². The minimum absolute atomic E-state index is 0.0444. The molecule has 0 radical (unpaired) electrons. The first-order valence-electron chi connectivity index (χ1n) is 11.1. The fourth-order valence-electron chi connectivity index (χ4n) is 4.33. The third kappa shape index (κ3) is 6.13. The lowest BCUT2D eigenvalue weighted by Crippen LogP contribution is -2.50. The van der Waals surface area contributed by atoms with Gasteiger partial charge in [0.2, 0.25) is 0 Å². The largest absolute Gasteiger partial charge is 0.461 e. The zero-order valence-corrected chi connectivity index (χ0v) is 19.0. The van der Waals surface area contributed by atoms with Crippen molar-refractivity contribution in [1.29, 1.82) is 0 Å². The predicted molar refractivity (Wildman–Crippen MR) is 111 cm³/mol. The number of aliphatic hydroxyl groups is 2. The van der Waals surface area contributed by atoms with E-state index in [1.54, 1.807) is 19.9 Å². The smallest absolute Gasteiger partial charge is 0.311 e. The number of hydrogen-bond donors (Lipinski definition) is 2. The molecule has 7 nitrogen and oxygen atoms in total. The van der Waals surface area contributed by atoms with Crippen LogP contribution in [-0.4, -0.2) is 58.8 Å². The van der Waals surface area contributed by atoms with Crippen molar-refractivity contribution in [2.75, 3.05) is 0 Å². The highest BCUT2D eigenvalue weighted by molar-refractivity contribution is 5.91. The number of hydrogen-bond acceptors (Lipinski definition) is 7. The maximum Gasteiger partial charge on any atom is 0.311 e. The number of carbonyl (C=O) groups is 2. The van der Waals surface area contributed by atoms with E-state index in [0.29, 0.717) is 12.8 Å². The van der Waals surface area contributed by atoms with Crippen molar-refractivity contribution in [2.24, 2.45) is 23.7 Å². The lowest BCUT2D eigenvalue weighted by molar-refractivity contribution is -0.270. The van der Waals surface area contributed by atoms with Crippen LogP contribution in [0, 0.1) is 23.7 Å². The van der Waals surface area contributed by atoms with E-state index >= 15 is 0 Å². The Morgan fingerprint density at radius 3 is 2.37 bits per heavy atom. The molecule has 0 bridgehead atoms. The van der Waals surface area contributed by atoms with Crippen molar-refractivity contribution >= 4 is 11.8 Å². The molecule has 2 N–H and O–H groups in total. The molecule has 0 amide bonds. The first kappa shape index (κ1) is 25.0. The molecule has 2 heterocycles. The Kier molecular flexibility index (Phi) is 9.03. The Morgan fingerprint density at radius 2 is 1.77 bits per heavy atom. The van der Waals surface area contributed by atoms with Crippen molar-refractivity contribution in [3.8, 4) is 0 Å². The van der Waals surface area contributed by atoms with Crippen LogP contribution in [0.3, 0.4) is 0 Å².